The quantitative estimate of drug-likeness (QED) is 0.846. The first-order chi connectivity index (χ1) is 11.4. The Kier molecular flexibility index (Phi) is 4.22. The molecule has 1 heterocycles. The molecule has 0 bridgehead atoms. The summed E-state index contributed by atoms with van der Waals surface area (Å²) in [5.41, 5.74) is 1.12. The van der Waals surface area contributed by atoms with Gasteiger partial charge in [0.25, 0.3) is 5.91 Å². The Morgan fingerprint density at radius 1 is 1.21 bits per heavy atom. The Morgan fingerprint density at radius 3 is 2.71 bits per heavy atom. The van der Waals surface area contributed by atoms with Crippen LogP contribution >= 0.6 is 0 Å². The van der Waals surface area contributed by atoms with Crippen LogP contribution in [0.3, 0.4) is 0 Å². The largest absolute Gasteiger partial charge is 0.484 e. The molecule has 1 aliphatic heterocycles. The molecule has 2 aromatic carbocycles. The van der Waals surface area contributed by atoms with Crippen molar-refractivity contribution in [3.05, 3.63) is 59.7 Å². The van der Waals surface area contributed by atoms with Crippen molar-refractivity contribution in [2.24, 2.45) is 0 Å². The van der Waals surface area contributed by atoms with E-state index in [9.17, 15) is 18.0 Å². The minimum Gasteiger partial charge on any atom is -0.484 e. The number of hydrogen-bond donors (Lipinski definition) is 0. The zero-order valence-corrected chi connectivity index (χ0v) is 13.0. The summed E-state index contributed by atoms with van der Waals surface area (Å²) in [7, 11) is 0. The van der Waals surface area contributed by atoms with Crippen molar-refractivity contribution in [2.75, 3.05) is 11.5 Å². The van der Waals surface area contributed by atoms with E-state index in [0.717, 1.165) is 29.8 Å². The van der Waals surface area contributed by atoms with E-state index in [4.69, 9.17) is 4.74 Å². The molecule has 24 heavy (non-hydrogen) atoms. The number of rotatable bonds is 3. The number of carbonyl (C=O) groups is 1. The monoisotopic (exact) mass is 335 g/mol. The fraction of sp³-hybridized carbons (Fsp3) is 0.278. The highest BCUT2D eigenvalue weighted by atomic mass is 19.4. The van der Waals surface area contributed by atoms with Crippen LogP contribution in [0.4, 0.5) is 18.9 Å². The van der Waals surface area contributed by atoms with Crippen LogP contribution in [0.1, 0.15) is 18.1 Å². The van der Waals surface area contributed by atoms with E-state index in [1.165, 1.54) is 12.1 Å². The zero-order chi connectivity index (χ0) is 17.3. The molecule has 126 valence electrons. The Morgan fingerprint density at radius 2 is 1.96 bits per heavy atom. The molecule has 3 rings (SSSR count). The van der Waals surface area contributed by atoms with Gasteiger partial charge in [0, 0.05) is 11.7 Å². The van der Waals surface area contributed by atoms with Crippen LogP contribution in [-0.2, 0) is 17.4 Å². The predicted octanol–water partition coefficient (Wildman–Crippen LogP) is 4.06. The molecule has 0 radical (unpaired) electrons. The topological polar surface area (TPSA) is 29.5 Å². The lowest BCUT2D eigenvalue weighted by molar-refractivity contribution is -0.137. The molecule has 1 atom stereocenters. The number of hydrogen-bond acceptors (Lipinski definition) is 2. The highest BCUT2D eigenvalue weighted by molar-refractivity contribution is 5.97. The summed E-state index contributed by atoms with van der Waals surface area (Å²) < 4.78 is 43.4. The Bertz CT molecular complexity index is 758. The molecule has 0 fully saturated rings. The molecule has 3 nitrogen and oxygen atoms in total. The lowest BCUT2D eigenvalue weighted by Gasteiger charge is -2.22. The van der Waals surface area contributed by atoms with Crippen molar-refractivity contribution in [1.29, 1.82) is 0 Å². The molecule has 6 heteroatoms. The normalized spacial score (nSPS) is 16.8. The van der Waals surface area contributed by atoms with E-state index in [-0.39, 0.29) is 24.3 Å². The number of amides is 1. The van der Waals surface area contributed by atoms with Gasteiger partial charge in [0.05, 0.1) is 5.56 Å². The number of halogens is 3. The minimum atomic E-state index is -4.44. The average Bonchev–Trinajstić information content (AvgIpc) is 2.88. The van der Waals surface area contributed by atoms with Gasteiger partial charge in [-0.2, -0.15) is 13.2 Å². The molecule has 1 amide bonds. The number of nitrogens with zero attached hydrogens (tertiary/aromatic N) is 1. The van der Waals surface area contributed by atoms with Crippen LogP contribution in [0.5, 0.6) is 5.75 Å². The van der Waals surface area contributed by atoms with Crippen LogP contribution < -0.4 is 9.64 Å². The average molecular weight is 335 g/mol. The predicted molar refractivity (Wildman–Crippen MR) is 84.0 cm³/mol. The number of fused-ring (bicyclic) bond motifs is 1. The van der Waals surface area contributed by atoms with Gasteiger partial charge in [0.1, 0.15) is 5.75 Å². The first-order valence-electron chi connectivity index (χ1n) is 7.56. The first-order valence-corrected chi connectivity index (χ1v) is 7.56. The molecule has 1 unspecified atom stereocenters. The molecular formula is C18H16F3NO2. The second kappa shape index (κ2) is 6.19. The van der Waals surface area contributed by atoms with E-state index in [1.807, 2.05) is 31.2 Å². The highest BCUT2D eigenvalue weighted by Gasteiger charge is 2.32. The third kappa shape index (κ3) is 3.22. The van der Waals surface area contributed by atoms with Gasteiger partial charge in [-0.3, -0.25) is 4.79 Å². The lowest BCUT2D eigenvalue weighted by atomic mass is 10.1. The molecule has 0 saturated carbocycles. The molecule has 0 aliphatic carbocycles. The number of carbonyl (C=O) groups excluding carboxylic acids is 1. The maximum Gasteiger partial charge on any atom is 0.416 e. The second-order valence-corrected chi connectivity index (χ2v) is 5.76. The summed E-state index contributed by atoms with van der Waals surface area (Å²) in [5, 5.41) is 0. The van der Waals surface area contributed by atoms with Gasteiger partial charge in [-0.15, -0.1) is 0 Å². The molecule has 0 aromatic heterocycles. The van der Waals surface area contributed by atoms with Crippen molar-refractivity contribution in [1.82, 2.24) is 0 Å². The van der Waals surface area contributed by atoms with Gasteiger partial charge >= 0.3 is 6.18 Å². The van der Waals surface area contributed by atoms with E-state index < -0.39 is 11.7 Å². The van der Waals surface area contributed by atoms with Crippen LogP contribution in [0, 0.1) is 0 Å². The van der Waals surface area contributed by atoms with E-state index >= 15 is 0 Å². The summed E-state index contributed by atoms with van der Waals surface area (Å²) >= 11 is 0. The van der Waals surface area contributed by atoms with E-state index in [2.05, 4.69) is 0 Å². The minimum absolute atomic E-state index is 0.00000877. The highest BCUT2D eigenvalue weighted by Crippen LogP contribution is 2.33. The summed E-state index contributed by atoms with van der Waals surface area (Å²) in [6.07, 6.45) is -3.68. The maximum atomic E-state index is 12.7. The van der Waals surface area contributed by atoms with Gasteiger partial charge < -0.3 is 9.64 Å². The molecule has 0 saturated heterocycles. The van der Waals surface area contributed by atoms with Gasteiger partial charge in [0.15, 0.2) is 6.61 Å². The SMILES string of the molecule is CC1Cc2ccccc2N1C(=O)COc1cccc(C(F)(F)F)c1. The van der Waals surface area contributed by atoms with Gasteiger partial charge in [-0.25, -0.2) is 0 Å². The van der Waals surface area contributed by atoms with Gasteiger partial charge in [-0.1, -0.05) is 24.3 Å². The smallest absolute Gasteiger partial charge is 0.416 e. The first kappa shape index (κ1) is 16.4. The van der Waals surface area contributed by atoms with Crippen LogP contribution in [-0.4, -0.2) is 18.6 Å². The summed E-state index contributed by atoms with van der Waals surface area (Å²) in [6.45, 7) is 1.63. The lowest BCUT2D eigenvalue weighted by Crippen LogP contribution is -2.39. The van der Waals surface area contributed by atoms with Crippen LogP contribution in [0.2, 0.25) is 0 Å². The molecule has 1 aliphatic rings. The van der Waals surface area contributed by atoms with Crippen LogP contribution in [0.25, 0.3) is 0 Å². The molecule has 0 spiro atoms. The Balaban J connectivity index is 1.71. The van der Waals surface area contributed by atoms with Gasteiger partial charge in [0.2, 0.25) is 0 Å². The second-order valence-electron chi connectivity index (χ2n) is 5.76. The Hall–Kier alpha value is -2.50. The number of para-hydroxylation sites is 1. The number of ether oxygens (including phenoxy) is 1. The van der Waals surface area contributed by atoms with Crippen molar-refractivity contribution < 1.29 is 22.7 Å². The van der Waals surface area contributed by atoms with Crippen molar-refractivity contribution >= 4 is 11.6 Å². The van der Waals surface area contributed by atoms with Gasteiger partial charge in [-0.05, 0) is 43.2 Å². The Labute approximate surface area is 137 Å². The van der Waals surface area contributed by atoms with Crippen LogP contribution in [0.15, 0.2) is 48.5 Å². The molecule has 2 aromatic rings. The zero-order valence-electron chi connectivity index (χ0n) is 13.0. The molecular weight excluding hydrogens is 319 g/mol. The van der Waals surface area contributed by atoms with E-state index in [1.54, 1.807) is 4.90 Å². The van der Waals surface area contributed by atoms with Crippen molar-refractivity contribution in [3.63, 3.8) is 0 Å². The third-order valence-electron chi connectivity index (χ3n) is 4.00. The fourth-order valence-electron chi connectivity index (χ4n) is 2.92. The van der Waals surface area contributed by atoms with Crippen molar-refractivity contribution in [3.8, 4) is 5.75 Å². The third-order valence-corrected chi connectivity index (χ3v) is 4.00. The molecule has 0 N–H and O–H groups in total. The maximum absolute atomic E-state index is 12.7. The number of benzene rings is 2. The standard InChI is InChI=1S/C18H16F3NO2/c1-12-9-13-5-2-3-8-16(13)22(12)17(23)11-24-15-7-4-6-14(10-15)18(19,20)21/h2-8,10,12H,9,11H2,1H3. The summed E-state index contributed by atoms with van der Waals surface area (Å²) in [5.74, 6) is -0.247. The van der Waals surface area contributed by atoms with E-state index in [0.29, 0.717) is 0 Å². The summed E-state index contributed by atoms with van der Waals surface area (Å²) in [6, 6.07) is 12.1. The fourth-order valence-corrected chi connectivity index (χ4v) is 2.92. The number of alkyl halides is 3. The summed E-state index contributed by atoms with van der Waals surface area (Å²) in [4.78, 5) is 14.1. The van der Waals surface area contributed by atoms with Crippen molar-refractivity contribution in [2.45, 2.75) is 25.6 Å². The number of anilines is 1.